The molecule has 20 heavy (non-hydrogen) atoms. The summed E-state index contributed by atoms with van der Waals surface area (Å²) in [7, 11) is 2.98. The van der Waals surface area contributed by atoms with Crippen molar-refractivity contribution in [2.75, 3.05) is 14.2 Å². The summed E-state index contributed by atoms with van der Waals surface area (Å²) in [6.07, 6.45) is 1.12. The highest BCUT2D eigenvalue weighted by molar-refractivity contribution is 5.88. The van der Waals surface area contributed by atoms with E-state index in [0.29, 0.717) is 17.2 Å². The van der Waals surface area contributed by atoms with Crippen molar-refractivity contribution in [1.29, 1.82) is 0 Å². The standard InChI is InChI=1S/C13H13FN2O4/c1-19-11-4-3-8(5-12(11)20-2)16-10(6-14)9(7-15-16)13(17)18/h3-5,7H,6H2,1-2H3,(H,17,18). The fourth-order valence-electron chi connectivity index (χ4n) is 1.86. The van der Waals surface area contributed by atoms with Crippen LogP contribution < -0.4 is 9.47 Å². The molecule has 0 aliphatic carbocycles. The molecule has 0 amide bonds. The Morgan fingerprint density at radius 3 is 2.60 bits per heavy atom. The predicted octanol–water partition coefficient (Wildman–Crippen LogP) is 2.06. The summed E-state index contributed by atoms with van der Waals surface area (Å²) < 4.78 is 24.6. The highest BCUT2D eigenvalue weighted by atomic mass is 19.1. The van der Waals surface area contributed by atoms with Crippen LogP contribution in [0.2, 0.25) is 0 Å². The topological polar surface area (TPSA) is 73.6 Å². The Labute approximate surface area is 114 Å². The minimum Gasteiger partial charge on any atom is -0.493 e. The molecule has 1 N–H and O–H groups in total. The number of hydrogen-bond acceptors (Lipinski definition) is 4. The summed E-state index contributed by atoms with van der Waals surface area (Å²) >= 11 is 0. The van der Waals surface area contributed by atoms with Crippen LogP contribution in [0.5, 0.6) is 11.5 Å². The molecule has 1 aromatic heterocycles. The average molecular weight is 280 g/mol. The van der Waals surface area contributed by atoms with E-state index in [1.54, 1.807) is 18.2 Å². The molecule has 0 fully saturated rings. The van der Waals surface area contributed by atoms with Crippen LogP contribution in [-0.4, -0.2) is 35.1 Å². The third-order valence-corrected chi connectivity index (χ3v) is 2.84. The first-order valence-electron chi connectivity index (χ1n) is 5.71. The number of aromatic nitrogens is 2. The largest absolute Gasteiger partial charge is 0.493 e. The quantitative estimate of drug-likeness (QED) is 0.907. The van der Waals surface area contributed by atoms with E-state index < -0.39 is 12.6 Å². The SMILES string of the molecule is COc1ccc(-n2ncc(C(=O)O)c2CF)cc1OC. The number of carboxylic acids is 1. The molecule has 0 saturated heterocycles. The lowest BCUT2D eigenvalue weighted by molar-refractivity contribution is 0.0694. The molecule has 1 heterocycles. The third-order valence-electron chi connectivity index (χ3n) is 2.84. The third kappa shape index (κ3) is 2.29. The van der Waals surface area contributed by atoms with Gasteiger partial charge in [0.25, 0.3) is 0 Å². The average Bonchev–Trinajstić information content (AvgIpc) is 2.90. The zero-order valence-corrected chi connectivity index (χ0v) is 11.0. The lowest BCUT2D eigenvalue weighted by Gasteiger charge is -2.11. The number of halogens is 1. The Morgan fingerprint density at radius 2 is 2.05 bits per heavy atom. The maximum Gasteiger partial charge on any atom is 0.339 e. The molecule has 0 radical (unpaired) electrons. The lowest BCUT2D eigenvalue weighted by Crippen LogP contribution is -2.05. The zero-order chi connectivity index (χ0) is 14.7. The molecule has 1 aromatic carbocycles. The molecule has 0 atom stereocenters. The van der Waals surface area contributed by atoms with Gasteiger partial charge in [0.1, 0.15) is 12.2 Å². The fourth-order valence-corrected chi connectivity index (χ4v) is 1.86. The number of nitrogens with zero attached hydrogens (tertiary/aromatic N) is 2. The lowest BCUT2D eigenvalue weighted by atomic mass is 10.2. The summed E-state index contributed by atoms with van der Waals surface area (Å²) in [6.45, 7) is -0.935. The molecule has 0 bridgehead atoms. The normalized spacial score (nSPS) is 10.3. The molecule has 106 valence electrons. The number of hydrogen-bond donors (Lipinski definition) is 1. The molecular weight excluding hydrogens is 267 g/mol. The summed E-state index contributed by atoms with van der Waals surface area (Å²) in [5, 5.41) is 12.9. The van der Waals surface area contributed by atoms with Gasteiger partial charge in [0.15, 0.2) is 11.5 Å². The van der Waals surface area contributed by atoms with E-state index in [1.807, 2.05) is 0 Å². The molecule has 6 nitrogen and oxygen atoms in total. The minimum absolute atomic E-state index is 0.0234. The second kappa shape index (κ2) is 5.60. The molecular formula is C13H13FN2O4. The number of ether oxygens (including phenoxy) is 2. The molecule has 0 aliphatic rings. The Bertz CT molecular complexity index is 639. The number of alkyl halides is 1. The molecule has 7 heteroatoms. The van der Waals surface area contributed by atoms with E-state index in [0.717, 1.165) is 6.20 Å². The predicted molar refractivity (Wildman–Crippen MR) is 68.4 cm³/mol. The van der Waals surface area contributed by atoms with Gasteiger partial charge in [-0.1, -0.05) is 0 Å². The molecule has 0 unspecified atom stereocenters. The van der Waals surface area contributed by atoms with E-state index in [2.05, 4.69) is 5.10 Å². The number of carbonyl (C=O) groups is 1. The maximum atomic E-state index is 13.1. The molecule has 0 saturated carbocycles. The fraction of sp³-hybridized carbons (Fsp3) is 0.231. The van der Waals surface area contributed by atoms with Crippen LogP contribution in [0.25, 0.3) is 5.69 Å². The van der Waals surface area contributed by atoms with Crippen LogP contribution in [-0.2, 0) is 6.67 Å². The maximum absolute atomic E-state index is 13.1. The smallest absolute Gasteiger partial charge is 0.339 e. The van der Waals surface area contributed by atoms with E-state index in [-0.39, 0.29) is 11.3 Å². The first-order valence-corrected chi connectivity index (χ1v) is 5.71. The van der Waals surface area contributed by atoms with Crippen molar-refractivity contribution in [2.45, 2.75) is 6.67 Å². The summed E-state index contributed by atoms with van der Waals surface area (Å²) in [4.78, 5) is 11.0. The van der Waals surface area contributed by atoms with Crippen molar-refractivity contribution < 1.29 is 23.8 Å². The first kappa shape index (κ1) is 13.9. The van der Waals surface area contributed by atoms with Gasteiger partial charge in [-0.25, -0.2) is 13.9 Å². The van der Waals surface area contributed by atoms with Gasteiger partial charge < -0.3 is 14.6 Å². The van der Waals surface area contributed by atoms with Gasteiger partial charge in [0.05, 0.1) is 31.8 Å². The van der Waals surface area contributed by atoms with Gasteiger partial charge in [-0.3, -0.25) is 0 Å². The van der Waals surface area contributed by atoms with Crippen LogP contribution in [0.15, 0.2) is 24.4 Å². The van der Waals surface area contributed by atoms with E-state index in [4.69, 9.17) is 14.6 Å². The number of carboxylic acid groups (broad SMARTS) is 1. The van der Waals surface area contributed by atoms with Crippen molar-refractivity contribution >= 4 is 5.97 Å². The monoisotopic (exact) mass is 280 g/mol. The van der Waals surface area contributed by atoms with Crippen molar-refractivity contribution in [3.63, 3.8) is 0 Å². The molecule has 2 aromatic rings. The van der Waals surface area contributed by atoms with Gasteiger partial charge in [0.2, 0.25) is 0 Å². The number of benzene rings is 1. The Kier molecular flexibility index (Phi) is 3.88. The van der Waals surface area contributed by atoms with Crippen molar-refractivity contribution in [1.82, 2.24) is 9.78 Å². The second-order valence-electron chi connectivity index (χ2n) is 3.89. The van der Waals surface area contributed by atoms with Crippen LogP contribution in [0.1, 0.15) is 16.1 Å². The number of aromatic carboxylic acids is 1. The van der Waals surface area contributed by atoms with Crippen LogP contribution in [0.4, 0.5) is 4.39 Å². The molecule has 0 spiro atoms. The van der Waals surface area contributed by atoms with Crippen molar-refractivity contribution in [2.24, 2.45) is 0 Å². The van der Waals surface area contributed by atoms with E-state index >= 15 is 0 Å². The summed E-state index contributed by atoms with van der Waals surface area (Å²) in [5.74, 6) is -0.254. The zero-order valence-electron chi connectivity index (χ0n) is 11.0. The van der Waals surface area contributed by atoms with Gasteiger partial charge in [-0.15, -0.1) is 0 Å². The minimum atomic E-state index is -1.22. The number of rotatable bonds is 5. The van der Waals surface area contributed by atoms with Crippen molar-refractivity contribution in [3.05, 3.63) is 35.7 Å². The number of methoxy groups -OCH3 is 2. The molecule has 2 rings (SSSR count). The molecule has 0 aliphatic heterocycles. The van der Waals surface area contributed by atoms with E-state index in [1.165, 1.54) is 18.9 Å². The van der Waals surface area contributed by atoms with E-state index in [9.17, 15) is 9.18 Å². The highest BCUT2D eigenvalue weighted by Gasteiger charge is 2.18. The van der Waals surface area contributed by atoms with Crippen LogP contribution >= 0.6 is 0 Å². The second-order valence-corrected chi connectivity index (χ2v) is 3.89. The summed E-state index contributed by atoms with van der Waals surface area (Å²) in [6, 6.07) is 4.87. The van der Waals surface area contributed by atoms with Gasteiger partial charge in [-0.05, 0) is 12.1 Å². The Hall–Kier alpha value is -2.57. The van der Waals surface area contributed by atoms with Crippen LogP contribution in [0, 0.1) is 0 Å². The van der Waals surface area contributed by atoms with Crippen LogP contribution in [0.3, 0.4) is 0 Å². The Balaban J connectivity index is 2.54. The summed E-state index contributed by atoms with van der Waals surface area (Å²) in [5.41, 5.74) is 0.301. The Morgan fingerprint density at radius 1 is 1.35 bits per heavy atom. The highest BCUT2D eigenvalue weighted by Crippen LogP contribution is 2.29. The van der Waals surface area contributed by atoms with Gasteiger partial charge in [0, 0.05) is 6.07 Å². The van der Waals surface area contributed by atoms with Gasteiger partial charge >= 0.3 is 5.97 Å². The van der Waals surface area contributed by atoms with Gasteiger partial charge in [-0.2, -0.15) is 5.10 Å². The first-order chi connectivity index (χ1) is 9.62. The van der Waals surface area contributed by atoms with Crippen molar-refractivity contribution in [3.8, 4) is 17.2 Å².